The van der Waals surface area contributed by atoms with Crippen molar-refractivity contribution in [2.24, 2.45) is 0 Å². The monoisotopic (exact) mass is 235 g/mol. The second-order valence-electron chi connectivity index (χ2n) is 4.71. The summed E-state index contributed by atoms with van der Waals surface area (Å²) >= 11 is 0. The van der Waals surface area contributed by atoms with Crippen LogP contribution in [-0.4, -0.2) is 36.0 Å². The summed E-state index contributed by atoms with van der Waals surface area (Å²) in [5, 5.41) is 18.2. The Balaban J connectivity index is 1.93. The molecule has 0 aliphatic carbocycles. The molecule has 3 heteroatoms. The molecule has 1 aliphatic rings. The third-order valence-corrected chi connectivity index (χ3v) is 3.39. The van der Waals surface area contributed by atoms with Gasteiger partial charge in [0.15, 0.2) is 0 Å². The lowest BCUT2D eigenvalue weighted by atomic mass is 10.1. The zero-order valence-electron chi connectivity index (χ0n) is 10.2. The van der Waals surface area contributed by atoms with E-state index in [1.54, 1.807) is 0 Å². The number of anilines is 1. The van der Waals surface area contributed by atoms with Crippen molar-refractivity contribution in [1.29, 1.82) is 0 Å². The Hall–Kier alpha value is -1.06. The molecule has 3 nitrogen and oxygen atoms in total. The molecule has 1 fully saturated rings. The minimum atomic E-state index is -0.116. The van der Waals surface area contributed by atoms with Gasteiger partial charge < -0.3 is 15.1 Å². The summed E-state index contributed by atoms with van der Waals surface area (Å²) in [7, 11) is 0. The third-order valence-electron chi connectivity index (χ3n) is 3.39. The largest absolute Gasteiger partial charge is 0.396 e. The quantitative estimate of drug-likeness (QED) is 0.832. The lowest BCUT2D eigenvalue weighted by Crippen LogP contribution is -2.35. The summed E-state index contributed by atoms with van der Waals surface area (Å²) in [6, 6.07) is 8.56. The van der Waals surface area contributed by atoms with Crippen LogP contribution in [0.25, 0.3) is 0 Å². The van der Waals surface area contributed by atoms with E-state index in [-0.39, 0.29) is 12.7 Å². The summed E-state index contributed by atoms with van der Waals surface area (Å²) in [5.74, 6) is 0. The highest BCUT2D eigenvalue weighted by Gasteiger charge is 2.16. The summed E-state index contributed by atoms with van der Waals surface area (Å²) in [4.78, 5) is 2.32. The first-order chi connectivity index (χ1) is 8.29. The Morgan fingerprint density at radius 1 is 1.12 bits per heavy atom. The van der Waals surface area contributed by atoms with E-state index >= 15 is 0 Å². The van der Waals surface area contributed by atoms with Crippen LogP contribution in [0.3, 0.4) is 0 Å². The molecule has 1 aliphatic heterocycles. The standard InChI is InChI=1S/C14H21NO2/c16-11-1-2-12-3-5-13(6-4-12)15-9-7-14(17)8-10-15/h3-6,14,16-17H,1-2,7-11H2. The second kappa shape index (κ2) is 6.03. The molecular formula is C14H21NO2. The van der Waals surface area contributed by atoms with Gasteiger partial charge in [0.05, 0.1) is 6.10 Å². The van der Waals surface area contributed by atoms with Gasteiger partial charge in [-0.3, -0.25) is 0 Å². The molecule has 17 heavy (non-hydrogen) atoms. The van der Waals surface area contributed by atoms with Crippen molar-refractivity contribution in [2.45, 2.75) is 31.8 Å². The number of aryl methyl sites for hydroxylation is 1. The van der Waals surface area contributed by atoms with Crippen LogP contribution in [0.1, 0.15) is 24.8 Å². The van der Waals surface area contributed by atoms with Crippen molar-refractivity contribution in [3.05, 3.63) is 29.8 Å². The van der Waals surface area contributed by atoms with E-state index in [4.69, 9.17) is 5.11 Å². The number of rotatable bonds is 4. The first-order valence-electron chi connectivity index (χ1n) is 6.42. The maximum Gasteiger partial charge on any atom is 0.0574 e. The van der Waals surface area contributed by atoms with Gasteiger partial charge in [0.1, 0.15) is 0 Å². The molecule has 1 heterocycles. The van der Waals surface area contributed by atoms with Crippen molar-refractivity contribution in [2.75, 3.05) is 24.6 Å². The number of piperidine rings is 1. The van der Waals surface area contributed by atoms with Crippen molar-refractivity contribution in [3.63, 3.8) is 0 Å². The number of nitrogens with zero attached hydrogens (tertiary/aromatic N) is 1. The highest BCUT2D eigenvalue weighted by Crippen LogP contribution is 2.20. The van der Waals surface area contributed by atoms with E-state index in [0.29, 0.717) is 0 Å². The average molecular weight is 235 g/mol. The lowest BCUT2D eigenvalue weighted by molar-refractivity contribution is 0.145. The molecule has 1 aromatic rings. The van der Waals surface area contributed by atoms with Crippen molar-refractivity contribution >= 4 is 5.69 Å². The van der Waals surface area contributed by atoms with E-state index < -0.39 is 0 Å². The van der Waals surface area contributed by atoms with E-state index in [2.05, 4.69) is 29.2 Å². The summed E-state index contributed by atoms with van der Waals surface area (Å²) < 4.78 is 0. The Kier molecular flexibility index (Phi) is 4.40. The minimum absolute atomic E-state index is 0.116. The molecule has 1 aromatic carbocycles. The van der Waals surface area contributed by atoms with E-state index in [9.17, 15) is 5.11 Å². The number of hydrogen-bond donors (Lipinski definition) is 2. The fraction of sp³-hybridized carbons (Fsp3) is 0.571. The van der Waals surface area contributed by atoms with E-state index in [1.807, 2.05) is 0 Å². The Morgan fingerprint density at radius 3 is 2.35 bits per heavy atom. The normalized spacial score (nSPS) is 17.4. The van der Waals surface area contributed by atoms with Crippen LogP contribution in [0.4, 0.5) is 5.69 Å². The lowest BCUT2D eigenvalue weighted by Gasteiger charge is -2.31. The molecule has 1 saturated heterocycles. The highest BCUT2D eigenvalue weighted by atomic mass is 16.3. The Labute approximate surface area is 103 Å². The molecule has 2 N–H and O–H groups in total. The van der Waals surface area contributed by atoms with Crippen LogP contribution in [0.15, 0.2) is 24.3 Å². The zero-order chi connectivity index (χ0) is 12.1. The number of benzene rings is 1. The summed E-state index contributed by atoms with van der Waals surface area (Å²) in [6.45, 7) is 2.14. The zero-order valence-corrected chi connectivity index (χ0v) is 10.2. The molecule has 0 aromatic heterocycles. The van der Waals surface area contributed by atoms with Gasteiger partial charge in [-0.15, -0.1) is 0 Å². The smallest absolute Gasteiger partial charge is 0.0574 e. The van der Waals surface area contributed by atoms with Crippen LogP contribution in [0, 0.1) is 0 Å². The second-order valence-corrected chi connectivity index (χ2v) is 4.71. The van der Waals surface area contributed by atoms with Crippen LogP contribution >= 0.6 is 0 Å². The molecule has 0 atom stereocenters. The Bertz CT molecular complexity index is 329. The third kappa shape index (κ3) is 3.45. The first-order valence-corrected chi connectivity index (χ1v) is 6.42. The van der Waals surface area contributed by atoms with Crippen molar-refractivity contribution in [1.82, 2.24) is 0 Å². The van der Waals surface area contributed by atoms with Gasteiger partial charge in [0, 0.05) is 25.4 Å². The number of aliphatic hydroxyl groups is 2. The minimum Gasteiger partial charge on any atom is -0.396 e. The SMILES string of the molecule is OCCCc1ccc(N2CCC(O)CC2)cc1. The average Bonchev–Trinajstić information content (AvgIpc) is 2.38. The Morgan fingerprint density at radius 2 is 1.76 bits per heavy atom. The maximum absolute atomic E-state index is 9.46. The van der Waals surface area contributed by atoms with Crippen LogP contribution in [0.5, 0.6) is 0 Å². The van der Waals surface area contributed by atoms with Gasteiger partial charge in [-0.25, -0.2) is 0 Å². The topological polar surface area (TPSA) is 43.7 Å². The molecule has 94 valence electrons. The number of aliphatic hydroxyl groups excluding tert-OH is 2. The highest BCUT2D eigenvalue weighted by molar-refractivity contribution is 5.48. The summed E-state index contributed by atoms with van der Waals surface area (Å²) in [6.07, 6.45) is 3.39. The molecule has 0 spiro atoms. The van der Waals surface area contributed by atoms with Crippen LogP contribution < -0.4 is 4.90 Å². The predicted molar refractivity (Wildman–Crippen MR) is 69.3 cm³/mol. The van der Waals surface area contributed by atoms with Crippen molar-refractivity contribution in [3.8, 4) is 0 Å². The van der Waals surface area contributed by atoms with Gasteiger partial charge >= 0.3 is 0 Å². The van der Waals surface area contributed by atoms with E-state index in [0.717, 1.165) is 38.8 Å². The van der Waals surface area contributed by atoms with Crippen LogP contribution in [-0.2, 0) is 6.42 Å². The number of hydrogen-bond acceptors (Lipinski definition) is 3. The van der Waals surface area contributed by atoms with Crippen LogP contribution in [0.2, 0.25) is 0 Å². The van der Waals surface area contributed by atoms with Gasteiger partial charge in [0.25, 0.3) is 0 Å². The fourth-order valence-corrected chi connectivity index (χ4v) is 2.28. The van der Waals surface area contributed by atoms with Gasteiger partial charge in [-0.2, -0.15) is 0 Å². The molecular weight excluding hydrogens is 214 g/mol. The van der Waals surface area contributed by atoms with Crippen molar-refractivity contribution < 1.29 is 10.2 Å². The van der Waals surface area contributed by atoms with Gasteiger partial charge in [-0.05, 0) is 43.4 Å². The van der Waals surface area contributed by atoms with Gasteiger partial charge in [-0.1, -0.05) is 12.1 Å². The molecule has 0 saturated carbocycles. The summed E-state index contributed by atoms with van der Waals surface area (Å²) in [5.41, 5.74) is 2.52. The van der Waals surface area contributed by atoms with E-state index in [1.165, 1.54) is 11.3 Å². The molecule has 0 amide bonds. The predicted octanol–water partition coefficient (Wildman–Crippen LogP) is 1.57. The molecule has 0 unspecified atom stereocenters. The molecule has 0 bridgehead atoms. The first kappa shape index (κ1) is 12.4. The van der Waals surface area contributed by atoms with Gasteiger partial charge in [0.2, 0.25) is 0 Å². The fourth-order valence-electron chi connectivity index (χ4n) is 2.28. The molecule has 0 radical (unpaired) electrons. The molecule has 2 rings (SSSR count). The maximum atomic E-state index is 9.46.